The molecule has 0 fully saturated rings. The molecule has 1 amide bonds. The summed E-state index contributed by atoms with van der Waals surface area (Å²) in [5.74, 6) is 0.785. The fourth-order valence-electron chi connectivity index (χ4n) is 1.65. The number of rotatable bonds is 4. The molecule has 0 bridgehead atoms. The molecule has 6 heteroatoms. The Morgan fingerprint density at radius 2 is 2.32 bits per heavy atom. The standard InChI is InChI=1S/C13H15N3O3/c1-16-6-5-14-12(16)8-15-13(18)10-7-9(19-2)3-4-11(10)17/h3-7,17H,8H2,1-2H3,(H,15,18). The number of hydrogen-bond acceptors (Lipinski definition) is 4. The first kappa shape index (κ1) is 12.9. The number of carbonyl (C=O) groups is 1. The molecule has 0 aliphatic heterocycles. The van der Waals surface area contributed by atoms with E-state index in [2.05, 4.69) is 10.3 Å². The number of imidazole rings is 1. The minimum Gasteiger partial charge on any atom is -0.507 e. The zero-order chi connectivity index (χ0) is 13.8. The van der Waals surface area contributed by atoms with Crippen LogP contribution in [0, 0.1) is 0 Å². The summed E-state index contributed by atoms with van der Waals surface area (Å²) < 4.78 is 6.83. The van der Waals surface area contributed by atoms with Crippen LogP contribution in [0.3, 0.4) is 0 Å². The third-order valence-corrected chi connectivity index (χ3v) is 2.78. The van der Waals surface area contributed by atoms with Crippen molar-refractivity contribution in [2.75, 3.05) is 7.11 Å². The van der Waals surface area contributed by atoms with Crippen LogP contribution in [-0.2, 0) is 13.6 Å². The molecule has 0 aliphatic carbocycles. The minimum atomic E-state index is -0.376. The van der Waals surface area contributed by atoms with Crippen LogP contribution in [0.25, 0.3) is 0 Å². The van der Waals surface area contributed by atoms with E-state index >= 15 is 0 Å². The Labute approximate surface area is 110 Å². The van der Waals surface area contributed by atoms with Crippen LogP contribution in [0.2, 0.25) is 0 Å². The minimum absolute atomic E-state index is 0.0851. The molecule has 100 valence electrons. The van der Waals surface area contributed by atoms with Crippen LogP contribution < -0.4 is 10.1 Å². The van der Waals surface area contributed by atoms with Crippen molar-refractivity contribution in [2.24, 2.45) is 7.05 Å². The maximum atomic E-state index is 12.0. The van der Waals surface area contributed by atoms with E-state index in [4.69, 9.17) is 4.74 Å². The van der Waals surface area contributed by atoms with Crippen LogP contribution >= 0.6 is 0 Å². The maximum Gasteiger partial charge on any atom is 0.255 e. The van der Waals surface area contributed by atoms with Crippen molar-refractivity contribution >= 4 is 5.91 Å². The van der Waals surface area contributed by atoms with E-state index in [1.807, 2.05) is 11.6 Å². The number of aryl methyl sites for hydroxylation is 1. The van der Waals surface area contributed by atoms with Gasteiger partial charge in [0.05, 0.1) is 19.2 Å². The number of phenolic OH excluding ortho intramolecular Hbond substituents is 1. The fourth-order valence-corrected chi connectivity index (χ4v) is 1.65. The van der Waals surface area contributed by atoms with Crippen molar-refractivity contribution in [2.45, 2.75) is 6.54 Å². The Kier molecular flexibility index (Phi) is 3.70. The molecule has 2 aromatic rings. The molecule has 1 heterocycles. The molecule has 0 atom stereocenters. The number of methoxy groups -OCH3 is 1. The van der Waals surface area contributed by atoms with Gasteiger partial charge in [0.2, 0.25) is 0 Å². The Hall–Kier alpha value is -2.50. The lowest BCUT2D eigenvalue weighted by atomic mass is 10.1. The number of carbonyl (C=O) groups excluding carboxylic acids is 1. The molecule has 1 aromatic carbocycles. The highest BCUT2D eigenvalue weighted by molar-refractivity contribution is 5.97. The number of aromatic nitrogens is 2. The van der Waals surface area contributed by atoms with Crippen LogP contribution in [0.5, 0.6) is 11.5 Å². The van der Waals surface area contributed by atoms with Crippen molar-refractivity contribution in [1.29, 1.82) is 0 Å². The van der Waals surface area contributed by atoms with Gasteiger partial charge in [0.15, 0.2) is 0 Å². The zero-order valence-electron chi connectivity index (χ0n) is 10.8. The Balaban J connectivity index is 2.10. The molecular formula is C13H15N3O3. The van der Waals surface area contributed by atoms with Crippen molar-refractivity contribution in [3.63, 3.8) is 0 Å². The second kappa shape index (κ2) is 5.43. The van der Waals surface area contributed by atoms with Gasteiger partial charge in [-0.25, -0.2) is 4.98 Å². The number of benzene rings is 1. The van der Waals surface area contributed by atoms with Crippen molar-refractivity contribution in [3.8, 4) is 11.5 Å². The van der Waals surface area contributed by atoms with Gasteiger partial charge in [0.25, 0.3) is 5.91 Å². The monoisotopic (exact) mass is 261 g/mol. The second-order valence-electron chi connectivity index (χ2n) is 4.02. The van der Waals surface area contributed by atoms with Crippen molar-refractivity contribution in [1.82, 2.24) is 14.9 Å². The Morgan fingerprint density at radius 3 is 2.95 bits per heavy atom. The molecule has 0 radical (unpaired) electrons. The lowest BCUT2D eigenvalue weighted by Crippen LogP contribution is -2.24. The number of aromatic hydroxyl groups is 1. The van der Waals surface area contributed by atoms with Crippen LogP contribution in [0.4, 0.5) is 0 Å². The number of amides is 1. The van der Waals surface area contributed by atoms with Gasteiger partial charge in [0.1, 0.15) is 17.3 Å². The summed E-state index contributed by atoms with van der Waals surface area (Å²) in [5.41, 5.74) is 0.175. The molecule has 2 rings (SSSR count). The van der Waals surface area contributed by atoms with E-state index in [1.165, 1.54) is 19.2 Å². The van der Waals surface area contributed by atoms with E-state index in [1.54, 1.807) is 18.5 Å². The first-order chi connectivity index (χ1) is 9.11. The molecule has 0 spiro atoms. The summed E-state index contributed by atoms with van der Waals surface area (Å²) in [5, 5.41) is 12.4. The topological polar surface area (TPSA) is 76.4 Å². The SMILES string of the molecule is COc1ccc(O)c(C(=O)NCc2nccn2C)c1. The zero-order valence-corrected chi connectivity index (χ0v) is 10.8. The average molecular weight is 261 g/mol. The highest BCUT2D eigenvalue weighted by Gasteiger charge is 2.12. The number of nitrogens with zero attached hydrogens (tertiary/aromatic N) is 2. The van der Waals surface area contributed by atoms with E-state index in [0.29, 0.717) is 12.3 Å². The molecule has 2 N–H and O–H groups in total. The van der Waals surface area contributed by atoms with Gasteiger partial charge in [-0.3, -0.25) is 4.79 Å². The smallest absolute Gasteiger partial charge is 0.255 e. The summed E-state index contributed by atoms with van der Waals surface area (Å²) in [7, 11) is 3.35. The highest BCUT2D eigenvalue weighted by atomic mass is 16.5. The van der Waals surface area contributed by atoms with E-state index < -0.39 is 0 Å². The number of ether oxygens (including phenoxy) is 1. The van der Waals surface area contributed by atoms with Gasteiger partial charge in [0, 0.05) is 19.4 Å². The van der Waals surface area contributed by atoms with Gasteiger partial charge >= 0.3 is 0 Å². The lowest BCUT2D eigenvalue weighted by molar-refractivity contribution is 0.0946. The molecule has 0 saturated carbocycles. The first-order valence-electron chi connectivity index (χ1n) is 5.73. The molecule has 6 nitrogen and oxygen atoms in total. The third-order valence-electron chi connectivity index (χ3n) is 2.78. The van der Waals surface area contributed by atoms with Gasteiger partial charge in [-0.05, 0) is 18.2 Å². The fraction of sp³-hybridized carbons (Fsp3) is 0.231. The quantitative estimate of drug-likeness (QED) is 0.863. The summed E-state index contributed by atoms with van der Waals surface area (Å²) in [6.07, 6.45) is 3.45. The van der Waals surface area contributed by atoms with Crippen LogP contribution in [0.15, 0.2) is 30.6 Å². The predicted molar refractivity (Wildman–Crippen MR) is 69.0 cm³/mol. The molecule has 19 heavy (non-hydrogen) atoms. The Bertz CT molecular complexity index is 593. The number of phenols is 1. The molecule has 0 saturated heterocycles. The van der Waals surface area contributed by atoms with Gasteiger partial charge < -0.3 is 19.7 Å². The summed E-state index contributed by atoms with van der Waals surface area (Å²) in [6, 6.07) is 4.50. The predicted octanol–water partition coefficient (Wildman–Crippen LogP) is 1.06. The van der Waals surface area contributed by atoms with Crippen LogP contribution in [0.1, 0.15) is 16.2 Å². The summed E-state index contributed by atoms with van der Waals surface area (Å²) in [4.78, 5) is 16.1. The molecular weight excluding hydrogens is 246 g/mol. The number of hydrogen-bond donors (Lipinski definition) is 2. The van der Waals surface area contributed by atoms with Gasteiger partial charge in [-0.15, -0.1) is 0 Å². The summed E-state index contributed by atoms with van der Waals surface area (Å²) >= 11 is 0. The van der Waals surface area contributed by atoms with E-state index in [9.17, 15) is 9.90 Å². The Morgan fingerprint density at radius 1 is 1.53 bits per heavy atom. The van der Waals surface area contributed by atoms with E-state index in [0.717, 1.165) is 5.82 Å². The maximum absolute atomic E-state index is 12.0. The highest BCUT2D eigenvalue weighted by Crippen LogP contribution is 2.22. The van der Waals surface area contributed by atoms with Crippen molar-refractivity contribution in [3.05, 3.63) is 42.0 Å². The first-order valence-corrected chi connectivity index (χ1v) is 5.73. The lowest BCUT2D eigenvalue weighted by Gasteiger charge is -2.08. The third kappa shape index (κ3) is 2.85. The molecule has 1 aromatic heterocycles. The van der Waals surface area contributed by atoms with Crippen molar-refractivity contribution < 1.29 is 14.6 Å². The molecule has 0 unspecified atom stereocenters. The average Bonchev–Trinajstić information content (AvgIpc) is 2.82. The van der Waals surface area contributed by atoms with Crippen LogP contribution in [-0.4, -0.2) is 27.7 Å². The normalized spacial score (nSPS) is 10.2. The molecule has 0 aliphatic rings. The number of nitrogens with one attached hydrogen (secondary N) is 1. The second-order valence-corrected chi connectivity index (χ2v) is 4.02. The van der Waals surface area contributed by atoms with E-state index in [-0.39, 0.29) is 17.2 Å². The largest absolute Gasteiger partial charge is 0.507 e. The van der Waals surface area contributed by atoms with Gasteiger partial charge in [-0.1, -0.05) is 0 Å². The summed E-state index contributed by atoms with van der Waals surface area (Å²) in [6.45, 7) is 0.291. The van der Waals surface area contributed by atoms with Gasteiger partial charge in [-0.2, -0.15) is 0 Å².